The number of hydroxylamine groups is 2. The molecule has 6 rings (SSSR count). The third-order valence-electron chi connectivity index (χ3n) is 7.25. The molecule has 5 aliphatic rings. The average molecular weight is 383 g/mol. The van der Waals surface area contributed by atoms with E-state index >= 15 is 0 Å². The maximum atomic E-state index is 13.0. The highest BCUT2D eigenvalue weighted by molar-refractivity contribution is 5.88. The molecule has 1 N–H and O–H groups in total. The van der Waals surface area contributed by atoms with Gasteiger partial charge in [0.1, 0.15) is 12.6 Å². The van der Waals surface area contributed by atoms with Crippen LogP contribution in [-0.4, -0.2) is 46.6 Å². The lowest BCUT2D eigenvalue weighted by Crippen LogP contribution is -2.60. The number of carbonyl (C=O) groups is 2. The van der Waals surface area contributed by atoms with E-state index in [1.165, 1.54) is 24.3 Å². The first-order valence-electron chi connectivity index (χ1n) is 10.7. The van der Waals surface area contributed by atoms with Crippen molar-refractivity contribution in [1.29, 1.82) is 0 Å². The molecule has 1 spiro atoms. The SMILES string of the molecule is O=C(NC1CC2(CCC2)C1)[C@@H]1CC[C@@H]2CCN1C(=O)N2OCc1ccccc1. The number of hydrogen-bond donors (Lipinski definition) is 1. The molecule has 0 unspecified atom stereocenters. The topological polar surface area (TPSA) is 61.9 Å². The Labute approximate surface area is 166 Å². The van der Waals surface area contributed by atoms with E-state index < -0.39 is 0 Å². The van der Waals surface area contributed by atoms with Crippen molar-refractivity contribution in [3.05, 3.63) is 35.9 Å². The van der Waals surface area contributed by atoms with E-state index in [2.05, 4.69) is 5.32 Å². The second-order valence-corrected chi connectivity index (χ2v) is 9.06. The molecule has 6 nitrogen and oxygen atoms in total. The molecule has 0 radical (unpaired) electrons. The summed E-state index contributed by atoms with van der Waals surface area (Å²) in [6, 6.07) is 9.72. The smallest absolute Gasteiger partial charge is 0.344 e. The fourth-order valence-electron chi connectivity index (χ4n) is 5.46. The Morgan fingerprint density at radius 1 is 1.14 bits per heavy atom. The van der Waals surface area contributed by atoms with Crippen molar-refractivity contribution in [3.63, 3.8) is 0 Å². The van der Waals surface area contributed by atoms with Crippen molar-refractivity contribution >= 4 is 11.9 Å². The van der Waals surface area contributed by atoms with Gasteiger partial charge in [0.05, 0.1) is 6.04 Å². The molecule has 3 aliphatic heterocycles. The Hall–Kier alpha value is -2.08. The lowest BCUT2D eigenvalue weighted by Gasteiger charge is -2.54. The van der Waals surface area contributed by atoms with Gasteiger partial charge in [-0.15, -0.1) is 0 Å². The Morgan fingerprint density at radius 2 is 1.93 bits per heavy atom. The van der Waals surface area contributed by atoms with Gasteiger partial charge in [-0.05, 0) is 55.9 Å². The summed E-state index contributed by atoms with van der Waals surface area (Å²) in [6.07, 6.45) is 8.60. The van der Waals surface area contributed by atoms with Crippen LogP contribution in [0.2, 0.25) is 0 Å². The van der Waals surface area contributed by atoms with Crippen LogP contribution in [0.1, 0.15) is 56.9 Å². The molecule has 2 atom stereocenters. The number of amides is 3. The first-order valence-corrected chi connectivity index (χ1v) is 10.7. The van der Waals surface area contributed by atoms with E-state index in [0.717, 1.165) is 31.2 Å². The summed E-state index contributed by atoms with van der Waals surface area (Å²) < 4.78 is 0. The molecule has 3 saturated heterocycles. The van der Waals surface area contributed by atoms with Crippen LogP contribution >= 0.6 is 0 Å². The van der Waals surface area contributed by atoms with Gasteiger partial charge in [-0.25, -0.2) is 4.79 Å². The van der Waals surface area contributed by atoms with Crippen LogP contribution in [0.4, 0.5) is 4.79 Å². The van der Waals surface area contributed by atoms with E-state index in [0.29, 0.717) is 31.0 Å². The predicted molar refractivity (Wildman–Crippen MR) is 104 cm³/mol. The number of hydrogen-bond acceptors (Lipinski definition) is 3. The van der Waals surface area contributed by atoms with Crippen LogP contribution in [0.25, 0.3) is 0 Å². The fraction of sp³-hybridized carbons (Fsp3) is 0.636. The van der Waals surface area contributed by atoms with Crippen LogP contribution in [0, 0.1) is 5.41 Å². The van der Waals surface area contributed by atoms with Crippen LogP contribution in [0.15, 0.2) is 30.3 Å². The van der Waals surface area contributed by atoms with Gasteiger partial charge in [0.15, 0.2) is 0 Å². The zero-order valence-corrected chi connectivity index (χ0v) is 16.3. The Morgan fingerprint density at radius 3 is 2.64 bits per heavy atom. The summed E-state index contributed by atoms with van der Waals surface area (Å²) in [7, 11) is 0. The minimum absolute atomic E-state index is 0.0260. The Kier molecular flexibility index (Phi) is 4.54. The normalized spacial score (nSPS) is 28.6. The molecule has 28 heavy (non-hydrogen) atoms. The standard InChI is InChI=1S/C22H29N3O3/c26-20(23-17-13-22(14-17)10-4-11-22)19-8-7-18-9-12-24(19)21(27)25(18)28-15-16-5-2-1-3-6-16/h1-3,5-6,17-19H,4,7-15H2,(H,23,26)/t18-,19+/m1/s1. The predicted octanol–water partition coefficient (Wildman–Crippen LogP) is 3.23. The van der Waals surface area contributed by atoms with Gasteiger partial charge in [0.2, 0.25) is 5.91 Å². The number of rotatable bonds is 5. The van der Waals surface area contributed by atoms with Crippen molar-refractivity contribution in [2.75, 3.05) is 6.54 Å². The molecule has 6 heteroatoms. The summed E-state index contributed by atoms with van der Waals surface area (Å²) in [5.74, 6) is 0.0260. The molecular weight excluding hydrogens is 354 g/mol. The number of urea groups is 1. The molecule has 1 aromatic rings. The summed E-state index contributed by atoms with van der Waals surface area (Å²) in [5, 5.41) is 4.75. The van der Waals surface area contributed by atoms with E-state index in [-0.39, 0.29) is 24.0 Å². The molecule has 3 amide bonds. The highest BCUT2D eigenvalue weighted by Gasteiger charge is 2.50. The molecule has 2 saturated carbocycles. The minimum atomic E-state index is -0.360. The highest BCUT2D eigenvalue weighted by Crippen LogP contribution is 2.55. The number of fused-ring (bicyclic) bond motifs is 4. The molecule has 1 aromatic carbocycles. The molecule has 150 valence electrons. The van der Waals surface area contributed by atoms with Crippen molar-refractivity contribution in [3.8, 4) is 0 Å². The number of nitrogens with one attached hydrogen (secondary N) is 1. The maximum Gasteiger partial charge on any atom is 0.344 e. The maximum absolute atomic E-state index is 13.0. The Bertz CT molecular complexity index is 741. The third kappa shape index (κ3) is 3.17. The second kappa shape index (κ2) is 7.07. The van der Waals surface area contributed by atoms with Gasteiger partial charge in [-0.1, -0.05) is 36.8 Å². The first kappa shape index (κ1) is 18.0. The van der Waals surface area contributed by atoms with Crippen LogP contribution < -0.4 is 5.32 Å². The summed E-state index contributed by atoms with van der Waals surface area (Å²) in [4.78, 5) is 33.6. The monoisotopic (exact) mass is 383 g/mol. The zero-order chi connectivity index (χ0) is 19.1. The first-order chi connectivity index (χ1) is 13.6. The van der Waals surface area contributed by atoms with Crippen molar-refractivity contribution < 1.29 is 14.4 Å². The molecule has 0 aromatic heterocycles. The summed E-state index contributed by atoms with van der Waals surface area (Å²) in [6.45, 7) is 1.01. The van der Waals surface area contributed by atoms with Crippen LogP contribution in [-0.2, 0) is 16.2 Å². The largest absolute Gasteiger partial charge is 0.352 e. The average Bonchev–Trinajstić information content (AvgIpc) is 2.93. The van der Waals surface area contributed by atoms with Crippen LogP contribution in [0.5, 0.6) is 0 Å². The molecule has 5 fully saturated rings. The highest BCUT2D eigenvalue weighted by atomic mass is 16.7. The van der Waals surface area contributed by atoms with Gasteiger partial charge < -0.3 is 10.2 Å². The molecule has 2 aliphatic carbocycles. The van der Waals surface area contributed by atoms with Crippen LogP contribution in [0.3, 0.4) is 0 Å². The van der Waals surface area contributed by atoms with E-state index in [9.17, 15) is 9.59 Å². The quantitative estimate of drug-likeness (QED) is 0.849. The van der Waals surface area contributed by atoms with Crippen molar-refractivity contribution in [1.82, 2.24) is 15.3 Å². The second-order valence-electron chi connectivity index (χ2n) is 9.06. The van der Waals surface area contributed by atoms with Gasteiger partial charge in [0, 0.05) is 12.6 Å². The van der Waals surface area contributed by atoms with Gasteiger partial charge in [0.25, 0.3) is 0 Å². The summed E-state index contributed by atoms with van der Waals surface area (Å²) >= 11 is 0. The molecule has 3 heterocycles. The molecule has 2 bridgehead atoms. The molecular formula is C22H29N3O3. The fourth-order valence-corrected chi connectivity index (χ4v) is 5.46. The lowest BCUT2D eigenvalue weighted by atomic mass is 9.54. The minimum Gasteiger partial charge on any atom is -0.352 e. The lowest BCUT2D eigenvalue weighted by molar-refractivity contribution is -0.171. The van der Waals surface area contributed by atoms with Gasteiger partial charge in [-0.3, -0.25) is 9.63 Å². The summed E-state index contributed by atoms with van der Waals surface area (Å²) in [5.41, 5.74) is 1.58. The van der Waals surface area contributed by atoms with E-state index in [1.54, 1.807) is 4.90 Å². The Balaban J connectivity index is 1.20. The number of carbonyl (C=O) groups excluding carboxylic acids is 2. The van der Waals surface area contributed by atoms with Gasteiger partial charge in [-0.2, -0.15) is 5.06 Å². The third-order valence-corrected chi connectivity index (χ3v) is 7.25. The van der Waals surface area contributed by atoms with Gasteiger partial charge >= 0.3 is 6.03 Å². The van der Waals surface area contributed by atoms with Crippen molar-refractivity contribution in [2.45, 2.75) is 76.1 Å². The number of benzene rings is 1. The van der Waals surface area contributed by atoms with Crippen molar-refractivity contribution in [2.24, 2.45) is 5.41 Å². The van der Waals surface area contributed by atoms with E-state index in [4.69, 9.17) is 4.84 Å². The number of nitrogens with zero attached hydrogens (tertiary/aromatic N) is 2. The zero-order valence-electron chi connectivity index (χ0n) is 16.3. The van der Waals surface area contributed by atoms with E-state index in [1.807, 2.05) is 30.3 Å².